The quantitative estimate of drug-likeness (QED) is 0.647. The standard InChI is InChI=1S/C12H13N3O5/c1-6-11(18)15-8-4-7(2-3-9(8)20-6)14-12(19)13-5-10(16)17/h2-4,6H,5H2,1H3,(H,15,18)(H,16,17)(H2,13,14,19). The third-order valence-electron chi connectivity index (χ3n) is 2.57. The molecule has 4 N–H and O–H groups in total. The minimum absolute atomic E-state index is 0.273. The molecule has 0 saturated heterocycles. The molecule has 0 aliphatic carbocycles. The van der Waals surface area contributed by atoms with Crippen molar-refractivity contribution in [3.05, 3.63) is 18.2 Å². The van der Waals surface area contributed by atoms with Gasteiger partial charge in [-0.3, -0.25) is 9.59 Å². The molecule has 0 fully saturated rings. The van der Waals surface area contributed by atoms with Crippen LogP contribution in [0.15, 0.2) is 18.2 Å². The van der Waals surface area contributed by atoms with Crippen LogP contribution in [0.3, 0.4) is 0 Å². The third-order valence-corrected chi connectivity index (χ3v) is 2.57. The van der Waals surface area contributed by atoms with E-state index in [9.17, 15) is 14.4 Å². The molecular formula is C12H13N3O5. The Morgan fingerprint density at radius 1 is 1.45 bits per heavy atom. The molecule has 8 nitrogen and oxygen atoms in total. The second-order valence-corrected chi connectivity index (χ2v) is 4.16. The number of hydrogen-bond acceptors (Lipinski definition) is 4. The second kappa shape index (κ2) is 5.47. The Morgan fingerprint density at radius 3 is 2.90 bits per heavy atom. The third kappa shape index (κ3) is 3.16. The van der Waals surface area contributed by atoms with Crippen LogP contribution in [-0.4, -0.2) is 35.7 Å². The molecule has 1 heterocycles. The summed E-state index contributed by atoms with van der Waals surface area (Å²) in [6, 6.07) is 4.07. The van der Waals surface area contributed by atoms with Gasteiger partial charge in [-0.1, -0.05) is 0 Å². The van der Waals surface area contributed by atoms with Crippen molar-refractivity contribution in [3.63, 3.8) is 0 Å². The molecule has 1 unspecified atom stereocenters. The number of aliphatic carboxylic acids is 1. The number of carboxylic acid groups (broad SMARTS) is 1. The smallest absolute Gasteiger partial charge is 0.323 e. The number of ether oxygens (including phenoxy) is 1. The lowest BCUT2D eigenvalue weighted by Gasteiger charge is -2.23. The van der Waals surface area contributed by atoms with Gasteiger partial charge < -0.3 is 25.8 Å². The Bertz CT molecular complexity index is 572. The van der Waals surface area contributed by atoms with Crippen LogP contribution < -0.4 is 20.7 Å². The largest absolute Gasteiger partial charge is 0.480 e. The first-order valence-corrected chi connectivity index (χ1v) is 5.84. The molecule has 2 rings (SSSR count). The minimum atomic E-state index is -1.14. The summed E-state index contributed by atoms with van der Waals surface area (Å²) in [5, 5.41) is 15.7. The Kier molecular flexibility index (Phi) is 3.74. The number of rotatable bonds is 3. The zero-order chi connectivity index (χ0) is 14.7. The number of amides is 3. The molecule has 1 aliphatic rings. The van der Waals surface area contributed by atoms with Crippen LogP contribution in [0.2, 0.25) is 0 Å². The first kappa shape index (κ1) is 13.7. The lowest BCUT2D eigenvalue weighted by atomic mass is 10.2. The summed E-state index contributed by atoms with van der Waals surface area (Å²) in [7, 11) is 0. The van der Waals surface area contributed by atoms with Gasteiger partial charge in [0.25, 0.3) is 5.91 Å². The molecule has 0 saturated carbocycles. The summed E-state index contributed by atoms with van der Waals surface area (Å²) < 4.78 is 5.36. The molecule has 0 aromatic heterocycles. The maximum absolute atomic E-state index is 11.5. The molecule has 3 amide bonds. The van der Waals surface area contributed by atoms with E-state index in [-0.39, 0.29) is 5.91 Å². The predicted molar refractivity (Wildman–Crippen MR) is 69.8 cm³/mol. The molecule has 1 atom stereocenters. The van der Waals surface area contributed by atoms with E-state index in [4.69, 9.17) is 9.84 Å². The van der Waals surface area contributed by atoms with E-state index < -0.39 is 24.6 Å². The number of nitrogens with one attached hydrogen (secondary N) is 3. The van der Waals surface area contributed by atoms with Crippen molar-refractivity contribution >= 4 is 29.3 Å². The summed E-state index contributed by atoms with van der Waals surface area (Å²) >= 11 is 0. The van der Waals surface area contributed by atoms with Crippen molar-refractivity contribution in [3.8, 4) is 5.75 Å². The zero-order valence-electron chi connectivity index (χ0n) is 10.6. The summed E-state index contributed by atoms with van der Waals surface area (Å²) in [5.41, 5.74) is 0.856. The fourth-order valence-corrected chi connectivity index (χ4v) is 1.62. The van der Waals surface area contributed by atoms with Crippen LogP contribution in [0.5, 0.6) is 5.75 Å². The van der Waals surface area contributed by atoms with Crippen LogP contribution in [-0.2, 0) is 9.59 Å². The monoisotopic (exact) mass is 279 g/mol. The summed E-state index contributed by atoms with van der Waals surface area (Å²) in [6.45, 7) is 1.15. The fourth-order valence-electron chi connectivity index (χ4n) is 1.62. The van der Waals surface area contributed by atoms with Gasteiger partial charge in [-0.2, -0.15) is 0 Å². The average molecular weight is 279 g/mol. The topological polar surface area (TPSA) is 117 Å². The van der Waals surface area contributed by atoms with Gasteiger partial charge in [-0.25, -0.2) is 4.79 Å². The Hall–Kier alpha value is -2.77. The van der Waals surface area contributed by atoms with Crippen molar-refractivity contribution in [2.75, 3.05) is 17.2 Å². The van der Waals surface area contributed by atoms with Crippen LogP contribution in [0, 0.1) is 0 Å². The number of carbonyl (C=O) groups is 3. The first-order valence-electron chi connectivity index (χ1n) is 5.84. The highest BCUT2D eigenvalue weighted by Crippen LogP contribution is 2.31. The van der Waals surface area contributed by atoms with Crippen molar-refractivity contribution in [2.45, 2.75) is 13.0 Å². The highest BCUT2D eigenvalue weighted by atomic mass is 16.5. The van der Waals surface area contributed by atoms with E-state index in [1.807, 2.05) is 0 Å². The maximum Gasteiger partial charge on any atom is 0.323 e. The maximum atomic E-state index is 11.5. The number of fused-ring (bicyclic) bond motifs is 1. The van der Waals surface area contributed by atoms with Gasteiger partial charge in [-0.05, 0) is 25.1 Å². The molecule has 0 spiro atoms. The zero-order valence-corrected chi connectivity index (χ0v) is 10.6. The molecule has 0 radical (unpaired) electrons. The average Bonchev–Trinajstić information content (AvgIpc) is 2.38. The number of anilines is 2. The van der Waals surface area contributed by atoms with E-state index in [1.165, 1.54) is 6.07 Å². The number of carbonyl (C=O) groups excluding carboxylic acids is 2. The van der Waals surface area contributed by atoms with E-state index in [0.29, 0.717) is 17.1 Å². The van der Waals surface area contributed by atoms with Crippen LogP contribution in [0.1, 0.15) is 6.92 Å². The molecule has 0 bridgehead atoms. The van der Waals surface area contributed by atoms with E-state index in [2.05, 4.69) is 16.0 Å². The van der Waals surface area contributed by atoms with Gasteiger partial charge in [0.15, 0.2) is 6.10 Å². The van der Waals surface area contributed by atoms with Gasteiger partial charge in [0.1, 0.15) is 12.3 Å². The minimum Gasteiger partial charge on any atom is -0.480 e. The highest BCUT2D eigenvalue weighted by molar-refractivity contribution is 5.99. The van der Waals surface area contributed by atoms with Crippen molar-refractivity contribution in [2.24, 2.45) is 0 Å². The van der Waals surface area contributed by atoms with Gasteiger partial charge in [-0.15, -0.1) is 0 Å². The van der Waals surface area contributed by atoms with E-state index >= 15 is 0 Å². The Labute approximate surface area is 114 Å². The van der Waals surface area contributed by atoms with E-state index in [1.54, 1.807) is 19.1 Å². The van der Waals surface area contributed by atoms with Gasteiger partial charge in [0.2, 0.25) is 0 Å². The van der Waals surface area contributed by atoms with Crippen molar-refractivity contribution in [1.29, 1.82) is 0 Å². The Balaban J connectivity index is 2.04. The van der Waals surface area contributed by atoms with E-state index in [0.717, 1.165) is 0 Å². The second-order valence-electron chi connectivity index (χ2n) is 4.16. The SMILES string of the molecule is CC1Oc2ccc(NC(=O)NCC(=O)O)cc2NC1=O. The highest BCUT2D eigenvalue weighted by Gasteiger charge is 2.23. The molecule has 1 aromatic carbocycles. The fraction of sp³-hybridized carbons (Fsp3) is 0.250. The number of urea groups is 1. The Morgan fingerprint density at radius 2 is 2.20 bits per heavy atom. The molecule has 1 aromatic rings. The van der Waals surface area contributed by atoms with Crippen LogP contribution in [0.25, 0.3) is 0 Å². The molecule has 106 valence electrons. The summed E-state index contributed by atoms with van der Waals surface area (Å²) in [6.07, 6.45) is -0.569. The first-order chi connectivity index (χ1) is 9.45. The van der Waals surface area contributed by atoms with Crippen LogP contribution in [0.4, 0.5) is 16.2 Å². The summed E-state index contributed by atoms with van der Waals surface area (Å²) in [4.78, 5) is 33.2. The lowest BCUT2D eigenvalue weighted by molar-refractivity contribution is -0.135. The number of hydrogen-bond donors (Lipinski definition) is 4. The molecule has 20 heavy (non-hydrogen) atoms. The number of benzene rings is 1. The van der Waals surface area contributed by atoms with Crippen LogP contribution >= 0.6 is 0 Å². The summed E-state index contributed by atoms with van der Waals surface area (Å²) in [5.74, 6) is -0.904. The van der Waals surface area contributed by atoms with Gasteiger partial charge >= 0.3 is 12.0 Å². The molecule has 8 heteroatoms. The predicted octanol–water partition coefficient (Wildman–Crippen LogP) is 0.612. The normalized spacial score (nSPS) is 16.4. The van der Waals surface area contributed by atoms with Gasteiger partial charge in [0, 0.05) is 5.69 Å². The molecular weight excluding hydrogens is 266 g/mol. The molecule has 1 aliphatic heterocycles. The lowest BCUT2D eigenvalue weighted by Crippen LogP contribution is -2.35. The van der Waals surface area contributed by atoms with Gasteiger partial charge in [0.05, 0.1) is 5.69 Å². The van der Waals surface area contributed by atoms with Crippen molar-refractivity contribution < 1.29 is 24.2 Å². The van der Waals surface area contributed by atoms with Crippen molar-refractivity contribution in [1.82, 2.24) is 5.32 Å². The number of carboxylic acids is 1.